The van der Waals surface area contributed by atoms with Gasteiger partial charge in [0.05, 0.1) is 7.11 Å². The summed E-state index contributed by atoms with van der Waals surface area (Å²) in [6.45, 7) is 0. The van der Waals surface area contributed by atoms with Gasteiger partial charge in [-0.3, -0.25) is 4.79 Å². The monoisotopic (exact) mass is 284 g/mol. The summed E-state index contributed by atoms with van der Waals surface area (Å²) in [7, 11) is 1.55. The Morgan fingerprint density at radius 3 is 2.38 bits per heavy atom. The standard InChI is InChI=1S/C16H12O5/c1-20-11-4-2-9(3-5-11)16(19)15-7-10-6-12(17)13(18)8-14(10)21-15/h2-8,17-18H,1H3. The first-order valence-corrected chi connectivity index (χ1v) is 6.23. The van der Waals surface area contributed by atoms with Gasteiger partial charge in [0.25, 0.3) is 0 Å². The van der Waals surface area contributed by atoms with Crippen LogP contribution in [0.2, 0.25) is 0 Å². The first-order chi connectivity index (χ1) is 10.1. The lowest BCUT2D eigenvalue weighted by atomic mass is 10.1. The number of furan rings is 1. The van der Waals surface area contributed by atoms with E-state index in [4.69, 9.17) is 9.15 Å². The van der Waals surface area contributed by atoms with Crippen LogP contribution in [0, 0.1) is 0 Å². The van der Waals surface area contributed by atoms with Gasteiger partial charge in [0.2, 0.25) is 5.78 Å². The molecule has 3 aromatic rings. The van der Waals surface area contributed by atoms with Crippen LogP contribution in [0.4, 0.5) is 0 Å². The first kappa shape index (κ1) is 13.1. The zero-order valence-electron chi connectivity index (χ0n) is 11.2. The molecule has 0 bridgehead atoms. The van der Waals surface area contributed by atoms with Crippen molar-refractivity contribution in [2.45, 2.75) is 0 Å². The van der Waals surface area contributed by atoms with Crippen LogP contribution in [0.15, 0.2) is 46.9 Å². The highest BCUT2D eigenvalue weighted by molar-refractivity contribution is 6.09. The molecule has 2 aromatic carbocycles. The van der Waals surface area contributed by atoms with E-state index in [2.05, 4.69) is 0 Å². The molecule has 0 amide bonds. The Morgan fingerprint density at radius 1 is 1.05 bits per heavy atom. The van der Waals surface area contributed by atoms with E-state index in [-0.39, 0.29) is 23.0 Å². The predicted molar refractivity (Wildman–Crippen MR) is 76.0 cm³/mol. The molecule has 0 aliphatic rings. The Labute approximate surface area is 120 Å². The third-order valence-corrected chi connectivity index (χ3v) is 3.19. The minimum atomic E-state index is -0.291. The molecular weight excluding hydrogens is 272 g/mol. The molecule has 0 fully saturated rings. The fraction of sp³-hybridized carbons (Fsp3) is 0.0625. The maximum Gasteiger partial charge on any atom is 0.228 e. The van der Waals surface area contributed by atoms with E-state index in [1.165, 1.54) is 18.2 Å². The van der Waals surface area contributed by atoms with Crippen LogP contribution in [-0.4, -0.2) is 23.1 Å². The minimum absolute atomic E-state index is 0.139. The van der Waals surface area contributed by atoms with Crippen LogP contribution in [-0.2, 0) is 0 Å². The van der Waals surface area contributed by atoms with Crippen LogP contribution in [0.1, 0.15) is 16.1 Å². The number of carbonyl (C=O) groups excluding carboxylic acids is 1. The van der Waals surface area contributed by atoms with E-state index in [0.29, 0.717) is 22.3 Å². The molecule has 2 N–H and O–H groups in total. The third kappa shape index (κ3) is 2.29. The number of hydrogen-bond acceptors (Lipinski definition) is 5. The van der Waals surface area contributed by atoms with Crippen molar-refractivity contribution in [2.75, 3.05) is 7.11 Å². The average Bonchev–Trinajstić information content (AvgIpc) is 2.90. The van der Waals surface area contributed by atoms with Gasteiger partial charge in [-0.25, -0.2) is 0 Å². The van der Waals surface area contributed by atoms with Gasteiger partial charge in [0.15, 0.2) is 17.3 Å². The van der Waals surface area contributed by atoms with E-state index in [0.717, 1.165) is 0 Å². The molecule has 0 saturated carbocycles. The van der Waals surface area contributed by atoms with Gasteiger partial charge in [-0.05, 0) is 36.4 Å². The highest BCUT2D eigenvalue weighted by Crippen LogP contribution is 2.32. The Bertz CT molecular complexity index is 776. The van der Waals surface area contributed by atoms with Crippen LogP contribution >= 0.6 is 0 Å². The zero-order valence-corrected chi connectivity index (χ0v) is 11.2. The Balaban J connectivity index is 2.00. The predicted octanol–water partition coefficient (Wildman–Crippen LogP) is 3.08. The summed E-state index contributed by atoms with van der Waals surface area (Å²) in [5.74, 6) is -0.0361. The minimum Gasteiger partial charge on any atom is -0.504 e. The molecule has 0 aliphatic carbocycles. The summed E-state index contributed by atoms with van der Waals surface area (Å²) in [6, 6.07) is 10.8. The molecular formula is C16H12O5. The number of carbonyl (C=O) groups is 1. The second-order valence-corrected chi connectivity index (χ2v) is 4.55. The number of benzene rings is 2. The van der Waals surface area contributed by atoms with E-state index in [1.54, 1.807) is 31.4 Å². The molecule has 106 valence electrons. The molecule has 0 saturated heterocycles. The Morgan fingerprint density at radius 2 is 1.71 bits per heavy atom. The van der Waals surface area contributed by atoms with Gasteiger partial charge in [0, 0.05) is 17.0 Å². The lowest BCUT2D eigenvalue weighted by molar-refractivity contribution is 0.101. The molecule has 5 nitrogen and oxygen atoms in total. The van der Waals surface area contributed by atoms with Crippen molar-refractivity contribution in [2.24, 2.45) is 0 Å². The zero-order chi connectivity index (χ0) is 15.0. The number of aromatic hydroxyl groups is 2. The molecule has 0 spiro atoms. The highest BCUT2D eigenvalue weighted by atomic mass is 16.5. The lowest BCUT2D eigenvalue weighted by Crippen LogP contribution is -1.99. The van der Waals surface area contributed by atoms with Gasteiger partial charge in [-0.1, -0.05) is 0 Å². The maximum atomic E-state index is 12.3. The van der Waals surface area contributed by atoms with Gasteiger partial charge in [-0.2, -0.15) is 0 Å². The van der Waals surface area contributed by atoms with Crippen LogP contribution in [0.3, 0.4) is 0 Å². The molecule has 0 aliphatic heterocycles. The summed E-state index contributed by atoms with van der Waals surface area (Å²) in [5.41, 5.74) is 0.797. The fourth-order valence-electron chi connectivity index (χ4n) is 2.06. The van der Waals surface area contributed by atoms with Crippen molar-refractivity contribution in [3.63, 3.8) is 0 Å². The van der Waals surface area contributed by atoms with Crippen molar-refractivity contribution in [3.8, 4) is 17.2 Å². The van der Waals surface area contributed by atoms with Gasteiger partial charge in [-0.15, -0.1) is 0 Å². The summed E-state index contributed by atoms with van der Waals surface area (Å²) in [5, 5.41) is 19.4. The number of methoxy groups -OCH3 is 1. The van der Waals surface area contributed by atoms with Crippen molar-refractivity contribution in [1.82, 2.24) is 0 Å². The maximum absolute atomic E-state index is 12.3. The van der Waals surface area contributed by atoms with Crippen molar-refractivity contribution >= 4 is 16.8 Å². The van der Waals surface area contributed by atoms with Gasteiger partial charge in [0.1, 0.15) is 11.3 Å². The SMILES string of the molecule is COc1ccc(C(=O)c2cc3cc(O)c(O)cc3o2)cc1. The number of ketones is 1. The molecule has 0 atom stereocenters. The molecule has 1 aromatic heterocycles. The fourth-order valence-corrected chi connectivity index (χ4v) is 2.06. The molecule has 0 radical (unpaired) electrons. The van der Waals surface area contributed by atoms with Crippen molar-refractivity contribution < 1.29 is 24.2 Å². The smallest absolute Gasteiger partial charge is 0.228 e. The average molecular weight is 284 g/mol. The number of phenolic OH excluding ortho intramolecular Hbond substituents is 2. The summed E-state index contributed by atoms with van der Waals surface area (Å²) >= 11 is 0. The second kappa shape index (κ2) is 4.86. The Kier molecular flexibility index (Phi) is 3.02. The van der Waals surface area contributed by atoms with E-state index in [1.807, 2.05) is 0 Å². The summed E-state index contributed by atoms with van der Waals surface area (Å²) < 4.78 is 10.5. The topological polar surface area (TPSA) is 79.9 Å². The van der Waals surface area contributed by atoms with Crippen LogP contribution < -0.4 is 4.74 Å². The van der Waals surface area contributed by atoms with Gasteiger partial charge >= 0.3 is 0 Å². The lowest BCUT2D eigenvalue weighted by Gasteiger charge is -2.00. The number of hydrogen-bond donors (Lipinski definition) is 2. The van der Waals surface area contributed by atoms with Crippen LogP contribution in [0.5, 0.6) is 17.2 Å². The van der Waals surface area contributed by atoms with E-state index in [9.17, 15) is 15.0 Å². The third-order valence-electron chi connectivity index (χ3n) is 3.19. The molecule has 5 heteroatoms. The summed E-state index contributed by atoms with van der Waals surface area (Å²) in [4.78, 5) is 12.3. The number of ether oxygens (including phenoxy) is 1. The normalized spacial score (nSPS) is 10.7. The number of fused-ring (bicyclic) bond motifs is 1. The van der Waals surface area contributed by atoms with Crippen LogP contribution in [0.25, 0.3) is 11.0 Å². The molecule has 21 heavy (non-hydrogen) atoms. The quantitative estimate of drug-likeness (QED) is 0.570. The van der Waals surface area contributed by atoms with Crippen molar-refractivity contribution in [1.29, 1.82) is 0 Å². The molecule has 3 rings (SSSR count). The highest BCUT2D eigenvalue weighted by Gasteiger charge is 2.16. The number of rotatable bonds is 3. The van der Waals surface area contributed by atoms with Crippen molar-refractivity contribution in [3.05, 3.63) is 53.8 Å². The summed E-state index contributed by atoms with van der Waals surface area (Å²) in [6.07, 6.45) is 0. The molecule has 0 unspecified atom stereocenters. The largest absolute Gasteiger partial charge is 0.504 e. The first-order valence-electron chi connectivity index (χ1n) is 6.23. The van der Waals surface area contributed by atoms with E-state index >= 15 is 0 Å². The van der Waals surface area contributed by atoms with Gasteiger partial charge < -0.3 is 19.4 Å². The number of phenols is 2. The van der Waals surface area contributed by atoms with E-state index < -0.39 is 0 Å². The molecule has 1 heterocycles. The second-order valence-electron chi connectivity index (χ2n) is 4.55. The Hall–Kier alpha value is -2.95.